The third-order valence-electron chi connectivity index (χ3n) is 2.29. The molecule has 0 aromatic rings. The van der Waals surface area contributed by atoms with Crippen molar-refractivity contribution in [2.75, 3.05) is 13.6 Å². The van der Waals surface area contributed by atoms with Crippen molar-refractivity contribution in [1.29, 1.82) is 0 Å². The number of hydrogen-bond acceptors (Lipinski definition) is 4. The SMILES string of the molecule is CNNCC1CCCCC1.NS(N)(=O)=O. The van der Waals surface area contributed by atoms with Gasteiger partial charge in [-0.1, -0.05) is 19.3 Å². The summed E-state index contributed by atoms with van der Waals surface area (Å²) < 4.78 is 18.4. The molecule has 0 amide bonds. The molecule has 0 heterocycles. The molecule has 0 aromatic carbocycles. The third-order valence-corrected chi connectivity index (χ3v) is 2.29. The van der Waals surface area contributed by atoms with E-state index in [0.29, 0.717) is 0 Å². The van der Waals surface area contributed by atoms with Gasteiger partial charge in [-0.2, -0.15) is 8.42 Å². The molecule has 1 aliphatic carbocycles. The Hall–Kier alpha value is -0.210. The van der Waals surface area contributed by atoms with E-state index in [0.717, 1.165) is 12.5 Å². The Morgan fingerprint density at radius 1 is 1.20 bits per heavy atom. The van der Waals surface area contributed by atoms with Crippen molar-refractivity contribution in [2.24, 2.45) is 16.2 Å². The molecule has 0 saturated heterocycles. The van der Waals surface area contributed by atoms with Crippen LogP contribution >= 0.6 is 0 Å². The second-order valence-electron chi connectivity index (χ2n) is 3.72. The molecule has 1 aliphatic rings. The van der Waals surface area contributed by atoms with Gasteiger partial charge >= 0.3 is 0 Å². The molecule has 6 nitrogen and oxygen atoms in total. The number of nitrogens with one attached hydrogen (secondary N) is 2. The van der Waals surface area contributed by atoms with Crippen molar-refractivity contribution in [3.63, 3.8) is 0 Å². The van der Waals surface area contributed by atoms with E-state index >= 15 is 0 Å². The van der Waals surface area contributed by atoms with Gasteiger partial charge in [0.25, 0.3) is 10.2 Å². The smallest absolute Gasteiger partial charge is 0.261 e. The lowest BCUT2D eigenvalue weighted by atomic mass is 9.89. The van der Waals surface area contributed by atoms with Gasteiger partial charge in [-0.3, -0.25) is 10.9 Å². The van der Waals surface area contributed by atoms with Gasteiger partial charge in [0.05, 0.1) is 0 Å². The van der Waals surface area contributed by atoms with E-state index in [4.69, 9.17) is 0 Å². The Balaban J connectivity index is 0.000000336. The first kappa shape index (κ1) is 14.8. The summed E-state index contributed by atoms with van der Waals surface area (Å²) in [6.07, 6.45) is 7.19. The van der Waals surface area contributed by atoms with Crippen LogP contribution in [0.3, 0.4) is 0 Å². The maximum atomic E-state index is 9.19. The fraction of sp³-hybridized carbons (Fsp3) is 1.00. The molecule has 0 atom stereocenters. The van der Waals surface area contributed by atoms with Crippen LogP contribution in [-0.2, 0) is 10.2 Å². The Labute approximate surface area is 91.9 Å². The van der Waals surface area contributed by atoms with Crippen LogP contribution < -0.4 is 21.1 Å². The Morgan fingerprint density at radius 2 is 1.67 bits per heavy atom. The molecular weight excluding hydrogens is 216 g/mol. The van der Waals surface area contributed by atoms with Gasteiger partial charge in [-0.25, -0.2) is 10.3 Å². The zero-order chi connectivity index (χ0) is 11.7. The highest BCUT2D eigenvalue weighted by atomic mass is 32.2. The average molecular weight is 238 g/mol. The Bertz CT molecular complexity index is 229. The molecule has 6 N–H and O–H groups in total. The molecule has 0 unspecified atom stereocenters. The minimum absolute atomic E-state index is 0.932. The van der Waals surface area contributed by atoms with Gasteiger partial charge in [0.15, 0.2) is 0 Å². The average Bonchev–Trinajstić information content (AvgIpc) is 2.14. The predicted molar refractivity (Wildman–Crippen MR) is 60.9 cm³/mol. The van der Waals surface area contributed by atoms with Crippen molar-refractivity contribution in [3.05, 3.63) is 0 Å². The van der Waals surface area contributed by atoms with E-state index in [2.05, 4.69) is 21.1 Å². The maximum Gasteiger partial charge on any atom is 0.271 e. The standard InChI is InChI=1S/C8H18N2.H4N2O2S/c1-9-10-7-8-5-3-2-4-6-8;1-5(2,3)4/h8-10H,2-7H2,1H3;(H4,1,2,3,4). The van der Waals surface area contributed by atoms with E-state index in [1.165, 1.54) is 32.1 Å². The van der Waals surface area contributed by atoms with E-state index in [9.17, 15) is 8.42 Å². The minimum atomic E-state index is -3.67. The van der Waals surface area contributed by atoms with E-state index in [1.54, 1.807) is 0 Å². The van der Waals surface area contributed by atoms with Gasteiger partial charge in [0.2, 0.25) is 0 Å². The monoisotopic (exact) mass is 238 g/mol. The minimum Gasteiger partial charge on any atom is -0.261 e. The molecule has 0 radical (unpaired) electrons. The molecule has 15 heavy (non-hydrogen) atoms. The molecule has 0 bridgehead atoms. The van der Waals surface area contributed by atoms with Crippen LogP contribution in [0.15, 0.2) is 0 Å². The maximum absolute atomic E-state index is 9.19. The first-order valence-electron chi connectivity index (χ1n) is 5.13. The summed E-state index contributed by atoms with van der Waals surface area (Å²) in [7, 11) is -1.73. The highest BCUT2D eigenvalue weighted by molar-refractivity contribution is 7.86. The number of rotatable bonds is 3. The molecular formula is C8H22N4O2S. The Morgan fingerprint density at radius 3 is 2.07 bits per heavy atom. The first-order chi connectivity index (χ1) is 6.93. The van der Waals surface area contributed by atoms with Crippen molar-refractivity contribution in [3.8, 4) is 0 Å². The van der Waals surface area contributed by atoms with Gasteiger partial charge in [0.1, 0.15) is 0 Å². The number of hydrazine groups is 1. The lowest BCUT2D eigenvalue weighted by Gasteiger charge is -2.21. The second kappa shape index (κ2) is 8.00. The van der Waals surface area contributed by atoms with E-state index in [-0.39, 0.29) is 0 Å². The highest BCUT2D eigenvalue weighted by Crippen LogP contribution is 2.22. The molecule has 0 aliphatic heterocycles. The summed E-state index contributed by atoms with van der Waals surface area (Å²) in [6, 6.07) is 0. The fourth-order valence-electron chi connectivity index (χ4n) is 1.64. The van der Waals surface area contributed by atoms with Crippen LogP contribution in [0, 0.1) is 5.92 Å². The van der Waals surface area contributed by atoms with Gasteiger partial charge in [0, 0.05) is 6.54 Å². The van der Waals surface area contributed by atoms with Gasteiger partial charge < -0.3 is 0 Å². The summed E-state index contributed by atoms with van der Waals surface area (Å²) in [5.41, 5.74) is 6.13. The normalized spacial score (nSPS) is 18.1. The third kappa shape index (κ3) is 13.8. The van der Waals surface area contributed by atoms with E-state index < -0.39 is 10.2 Å². The summed E-state index contributed by atoms with van der Waals surface area (Å²) >= 11 is 0. The predicted octanol–water partition coefficient (Wildman–Crippen LogP) is -0.561. The van der Waals surface area contributed by atoms with Crippen molar-refractivity contribution < 1.29 is 8.42 Å². The lowest BCUT2D eigenvalue weighted by Crippen LogP contribution is -2.33. The van der Waals surface area contributed by atoms with Crippen LogP contribution in [0.25, 0.3) is 0 Å². The van der Waals surface area contributed by atoms with Crippen LogP contribution in [0.1, 0.15) is 32.1 Å². The topological polar surface area (TPSA) is 110 Å². The van der Waals surface area contributed by atoms with Crippen molar-refractivity contribution in [2.45, 2.75) is 32.1 Å². The molecule has 92 valence electrons. The molecule has 1 fully saturated rings. The van der Waals surface area contributed by atoms with Crippen molar-refractivity contribution >= 4 is 10.2 Å². The summed E-state index contributed by atoms with van der Waals surface area (Å²) in [6.45, 7) is 1.15. The van der Waals surface area contributed by atoms with Gasteiger partial charge in [-0.15, -0.1) is 0 Å². The zero-order valence-corrected chi connectivity index (χ0v) is 10.0. The zero-order valence-electron chi connectivity index (χ0n) is 9.20. The number of hydrogen-bond donors (Lipinski definition) is 4. The van der Waals surface area contributed by atoms with Gasteiger partial charge in [-0.05, 0) is 25.8 Å². The molecule has 0 aromatic heterocycles. The van der Waals surface area contributed by atoms with Crippen LogP contribution in [-0.4, -0.2) is 22.0 Å². The molecule has 0 spiro atoms. The largest absolute Gasteiger partial charge is 0.271 e. The highest BCUT2D eigenvalue weighted by Gasteiger charge is 2.11. The van der Waals surface area contributed by atoms with Crippen LogP contribution in [0.5, 0.6) is 0 Å². The quantitative estimate of drug-likeness (QED) is 0.494. The molecule has 1 rings (SSSR count). The summed E-state index contributed by atoms with van der Waals surface area (Å²) in [5.74, 6) is 0.932. The lowest BCUT2D eigenvalue weighted by molar-refractivity contribution is 0.332. The van der Waals surface area contributed by atoms with Crippen molar-refractivity contribution in [1.82, 2.24) is 10.9 Å². The summed E-state index contributed by atoms with van der Waals surface area (Å²) in [5, 5.41) is 8.21. The van der Waals surface area contributed by atoms with Crippen LogP contribution in [0.2, 0.25) is 0 Å². The van der Waals surface area contributed by atoms with Crippen LogP contribution in [0.4, 0.5) is 0 Å². The molecule has 7 heteroatoms. The number of nitrogens with two attached hydrogens (primary N) is 2. The Kier molecular flexibility index (Phi) is 7.89. The summed E-state index contributed by atoms with van der Waals surface area (Å²) in [4.78, 5) is 0. The fourth-order valence-corrected chi connectivity index (χ4v) is 1.64. The first-order valence-corrected chi connectivity index (χ1v) is 6.74. The molecule has 1 saturated carbocycles. The second-order valence-corrected chi connectivity index (χ2v) is 4.90. The van der Waals surface area contributed by atoms with E-state index in [1.807, 2.05) is 7.05 Å².